The van der Waals surface area contributed by atoms with Crippen molar-refractivity contribution in [2.24, 2.45) is 0 Å². The largest absolute Gasteiger partial charge is 0.481 e. The van der Waals surface area contributed by atoms with E-state index in [0.29, 0.717) is 0 Å². The quantitative estimate of drug-likeness (QED) is 0.566. The molecule has 1 rings (SSSR count). The third-order valence-corrected chi connectivity index (χ3v) is 4.63. The molecule has 0 saturated carbocycles. The van der Waals surface area contributed by atoms with Gasteiger partial charge in [0.2, 0.25) is 10.0 Å². The van der Waals surface area contributed by atoms with Crippen LogP contribution in [0.2, 0.25) is 0 Å². The molecule has 19 heavy (non-hydrogen) atoms. The Morgan fingerprint density at radius 2 is 2.16 bits per heavy atom. The SMILES string of the molecule is COC(=O)c1cc(S(=O)(=O)NCCCC(=O)O)cs1. The first-order chi connectivity index (χ1) is 8.86. The molecule has 0 aliphatic carbocycles. The Labute approximate surface area is 114 Å². The Hall–Kier alpha value is -1.45. The molecule has 0 atom stereocenters. The van der Waals surface area contributed by atoms with Crippen molar-refractivity contribution in [2.75, 3.05) is 13.7 Å². The van der Waals surface area contributed by atoms with Gasteiger partial charge >= 0.3 is 11.9 Å². The summed E-state index contributed by atoms with van der Waals surface area (Å²) in [6.45, 7) is 0.0258. The number of nitrogens with one attached hydrogen (secondary N) is 1. The van der Waals surface area contributed by atoms with E-state index in [4.69, 9.17) is 5.11 Å². The molecule has 0 aromatic carbocycles. The number of sulfonamides is 1. The van der Waals surface area contributed by atoms with Crippen LogP contribution < -0.4 is 4.72 Å². The number of thiophene rings is 1. The number of carboxylic acid groups (broad SMARTS) is 1. The fourth-order valence-electron chi connectivity index (χ4n) is 1.20. The van der Waals surface area contributed by atoms with Crippen LogP contribution >= 0.6 is 11.3 Å². The van der Waals surface area contributed by atoms with E-state index in [1.165, 1.54) is 18.6 Å². The molecule has 0 radical (unpaired) electrons. The number of rotatable bonds is 7. The number of carbonyl (C=O) groups is 2. The summed E-state index contributed by atoms with van der Waals surface area (Å²) in [4.78, 5) is 21.6. The number of carbonyl (C=O) groups excluding carboxylic acids is 1. The zero-order valence-electron chi connectivity index (χ0n) is 10.1. The Morgan fingerprint density at radius 1 is 1.47 bits per heavy atom. The van der Waals surface area contributed by atoms with Crippen LogP contribution in [-0.2, 0) is 19.6 Å². The van der Waals surface area contributed by atoms with Crippen LogP contribution in [0.25, 0.3) is 0 Å². The third-order valence-electron chi connectivity index (χ3n) is 2.13. The number of hydrogen-bond acceptors (Lipinski definition) is 6. The van der Waals surface area contributed by atoms with E-state index in [1.807, 2.05) is 0 Å². The molecular formula is C10H13NO6S2. The van der Waals surface area contributed by atoms with Crippen LogP contribution in [0.15, 0.2) is 16.3 Å². The number of aliphatic carboxylic acids is 1. The summed E-state index contributed by atoms with van der Waals surface area (Å²) < 4.78 is 30.3. The summed E-state index contributed by atoms with van der Waals surface area (Å²) in [7, 11) is -2.51. The standard InChI is InChI=1S/C10H13NO6S2/c1-17-10(14)8-5-7(6-18-8)19(15,16)11-4-2-3-9(12)13/h5-6,11H,2-4H2,1H3,(H,12,13). The number of ether oxygens (including phenoxy) is 1. The normalized spacial score (nSPS) is 11.2. The summed E-state index contributed by atoms with van der Waals surface area (Å²) in [5.41, 5.74) is 0. The van der Waals surface area contributed by atoms with Gasteiger partial charge in [0.25, 0.3) is 0 Å². The number of methoxy groups -OCH3 is 1. The van der Waals surface area contributed by atoms with Crippen LogP contribution in [0.5, 0.6) is 0 Å². The molecule has 0 amide bonds. The average Bonchev–Trinajstić information content (AvgIpc) is 2.84. The molecule has 2 N–H and O–H groups in total. The van der Waals surface area contributed by atoms with Crippen molar-refractivity contribution in [1.82, 2.24) is 4.72 Å². The first-order valence-corrected chi connectivity index (χ1v) is 7.61. The first kappa shape index (κ1) is 15.6. The fraction of sp³-hybridized carbons (Fsp3) is 0.400. The lowest BCUT2D eigenvalue weighted by Gasteiger charge is -2.03. The van der Waals surface area contributed by atoms with Gasteiger partial charge in [0.15, 0.2) is 0 Å². The van der Waals surface area contributed by atoms with E-state index >= 15 is 0 Å². The summed E-state index contributed by atoms with van der Waals surface area (Å²) in [6, 6.07) is 1.22. The van der Waals surface area contributed by atoms with Crippen molar-refractivity contribution >= 4 is 33.3 Å². The molecule has 1 aromatic heterocycles. The Kier molecular flexibility index (Phi) is 5.45. The van der Waals surface area contributed by atoms with E-state index in [2.05, 4.69) is 9.46 Å². The second kappa shape index (κ2) is 6.64. The van der Waals surface area contributed by atoms with Crippen LogP contribution in [0.3, 0.4) is 0 Å². The monoisotopic (exact) mass is 307 g/mol. The van der Waals surface area contributed by atoms with Crippen LogP contribution in [0, 0.1) is 0 Å². The molecule has 0 spiro atoms. The first-order valence-electron chi connectivity index (χ1n) is 5.25. The predicted molar refractivity (Wildman–Crippen MR) is 67.7 cm³/mol. The second-order valence-electron chi connectivity index (χ2n) is 3.53. The zero-order valence-corrected chi connectivity index (χ0v) is 11.7. The van der Waals surface area contributed by atoms with Crippen molar-refractivity contribution in [2.45, 2.75) is 17.7 Å². The van der Waals surface area contributed by atoms with E-state index < -0.39 is 22.0 Å². The van der Waals surface area contributed by atoms with Gasteiger partial charge in [-0.25, -0.2) is 17.9 Å². The molecule has 0 aliphatic heterocycles. The van der Waals surface area contributed by atoms with Gasteiger partial charge in [-0.15, -0.1) is 11.3 Å². The molecule has 0 saturated heterocycles. The molecule has 106 valence electrons. The van der Waals surface area contributed by atoms with E-state index in [-0.39, 0.29) is 29.2 Å². The molecule has 7 nitrogen and oxygen atoms in total. The lowest BCUT2D eigenvalue weighted by molar-refractivity contribution is -0.137. The molecule has 0 aliphatic rings. The Morgan fingerprint density at radius 3 is 2.74 bits per heavy atom. The minimum absolute atomic E-state index is 0.0258. The van der Waals surface area contributed by atoms with Gasteiger partial charge in [-0.1, -0.05) is 0 Å². The number of hydrogen-bond donors (Lipinski definition) is 2. The molecule has 1 heterocycles. The molecule has 9 heteroatoms. The van der Waals surface area contributed by atoms with Crippen molar-refractivity contribution in [3.63, 3.8) is 0 Å². The van der Waals surface area contributed by atoms with Gasteiger partial charge in [0.05, 0.1) is 12.0 Å². The Bertz CT molecular complexity index is 562. The van der Waals surface area contributed by atoms with Crippen molar-refractivity contribution in [3.05, 3.63) is 16.3 Å². The summed E-state index contributed by atoms with van der Waals surface area (Å²) in [5.74, 6) is -1.58. The highest BCUT2D eigenvalue weighted by atomic mass is 32.2. The minimum Gasteiger partial charge on any atom is -0.481 e. The molecule has 0 fully saturated rings. The highest BCUT2D eigenvalue weighted by Crippen LogP contribution is 2.19. The topological polar surface area (TPSA) is 110 Å². The fourth-order valence-corrected chi connectivity index (χ4v) is 3.46. The maximum absolute atomic E-state index is 11.8. The number of esters is 1. The lowest BCUT2D eigenvalue weighted by atomic mass is 10.3. The number of carboxylic acids is 1. The zero-order chi connectivity index (χ0) is 14.5. The predicted octanol–water partition coefficient (Wildman–Crippen LogP) is 0.678. The van der Waals surface area contributed by atoms with Gasteiger partial charge in [0.1, 0.15) is 4.88 Å². The van der Waals surface area contributed by atoms with Gasteiger partial charge in [-0.3, -0.25) is 4.79 Å². The Balaban J connectivity index is 2.64. The van der Waals surface area contributed by atoms with Crippen LogP contribution in [0.1, 0.15) is 22.5 Å². The smallest absolute Gasteiger partial charge is 0.348 e. The summed E-state index contributed by atoms with van der Waals surface area (Å²) in [5, 5.41) is 9.75. The van der Waals surface area contributed by atoms with E-state index in [9.17, 15) is 18.0 Å². The molecule has 0 unspecified atom stereocenters. The van der Waals surface area contributed by atoms with Crippen LogP contribution in [0.4, 0.5) is 0 Å². The van der Waals surface area contributed by atoms with Crippen molar-refractivity contribution in [3.8, 4) is 0 Å². The molecule has 1 aromatic rings. The van der Waals surface area contributed by atoms with Crippen molar-refractivity contribution in [1.29, 1.82) is 0 Å². The summed E-state index contributed by atoms with van der Waals surface area (Å²) in [6.07, 6.45) is 0.0854. The molecule has 0 bridgehead atoms. The van der Waals surface area contributed by atoms with Gasteiger partial charge in [-0.2, -0.15) is 0 Å². The highest BCUT2D eigenvalue weighted by Gasteiger charge is 2.18. The average molecular weight is 307 g/mol. The third kappa shape index (κ3) is 4.62. The van der Waals surface area contributed by atoms with Crippen molar-refractivity contribution < 1.29 is 27.9 Å². The van der Waals surface area contributed by atoms with E-state index in [0.717, 1.165) is 11.3 Å². The van der Waals surface area contributed by atoms with Gasteiger partial charge < -0.3 is 9.84 Å². The van der Waals surface area contributed by atoms with Gasteiger partial charge in [-0.05, 0) is 12.5 Å². The maximum Gasteiger partial charge on any atom is 0.348 e. The van der Waals surface area contributed by atoms with Gasteiger partial charge in [0, 0.05) is 18.3 Å². The lowest BCUT2D eigenvalue weighted by Crippen LogP contribution is -2.24. The van der Waals surface area contributed by atoms with E-state index in [1.54, 1.807) is 0 Å². The highest BCUT2D eigenvalue weighted by molar-refractivity contribution is 7.89. The van der Waals surface area contributed by atoms with Crippen LogP contribution in [-0.4, -0.2) is 39.1 Å². The minimum atomic E-state index is -3.72. The second-order valence-corrected chi connectivity index (χ2v) is 6.21. The maximum atomic E-state index is 11.8. The molecular weight excluding hydrogens is 294 g/mol. The summed E-state index contributed by atoms with van der Waals surface area (Å²) >= 11 is 0.965.